The van der Waals surface area contributed by atoms with Crippen LogP contribution in [0.4, 0.5) is 5.82 Å². The van der Waals surface area contributed by atoms with Crippen molar-refractivity contribution in [2.75, 3.05) is 5.43 Å². The summed E-state index contributed by atoms with van der Waals surface area (Å²) >= 11 is 1.72. The number of aromatic nitrogens is 1. The average Bonchev–Trinajstić information content (AvgIpc) is 2.86. The van der Waals surface area contributed by atoms with E-state index in [-0.39, 0.29) is 0 Å². The molecular formula is C15H11N3S. The molecule has 4 heteroatoms. The van der Waals surface area contributed by atoms with E-state index in [1.807, 2.05) is 18.2 Å². The second-order valence-corrected chi connectivity index (χ2v) is 5.48. The summed E-state index contributed by atoms with van der Waals surface area (Å²) in [5.74, 6) is 6.37. The first-order valence-electron chi connectivity index (χ1n) is 6.05. The molecule has 2 heterocycles. The Balaban J connectivity index is 2.36. The van der Waals surface area contributed by atoms with Gasteiger partial charge in [-0.25, -0.2) is 10.8 Å². The number of nitrogens with two attached hydrogens (primary N) is 1. The third kappa shape index (κ3) is 1.44. The third-order valence-corrected chi connectivity index (χ3v) is 4.53. The second-order valence-electron chi connectivity index (χ2n) is 4.42. The molecule has 0 aliphatic heterocycles. The fourth-order valence-corrected chi connectivity index (χ4v) is 3.70. The standard InChI is InChI=1S/C15H11N3S/c16-18-15-14-13(9-5-1-3-7-11(9)17-15)10-6-2-4-8-12(10)19-14/h1-8H,16H2,(H,17,18). The van der Waals surface area contributed by atoms with E-state index >= 15 is 0 Å². The van der Waals surface area contributed by atoms with Crippen LogP contribution in [0.15, 0.2) is 48.5 Å². The first-order chi connectivity index (χ1) is 9.38. The van der Waals surface area contributed by atoms with Crippen LogP contribution in [0.2, 0.25) is 0 Å². The van der Waals surface area contributed by atoms with Gasteiger partial charge in [-0.3, -0.25) is 0 Å². The van der Waals surface area contributed by atoms with Gasteiger partial charge in [-0.2, -0.15) is 0 Å². The van der Waals surface area contributed by atoms with Gasteiger partial charge in [0.1, 0.15) is 0 Å². The van der Waals surface area contributed by atoms with Crippen molar-refractivity contribution < 1.29 is 0 Å². The minimum atomic E-state index is 0.745. The third-order valence-electron chi connectivity index (χ3n) is 3.35. The number of nitrogen functional groups attached to an aromatic ring is 1. The SMILES string of the molecule is NNc1nc2ccccc2c2c1sc1ccccc12. The van der Waals surface area contributed by atoms with Crippen molar-refractivity contribution in [2.45, 2.75) is 0 Å². The van der Waals surface area contributed by atoms with E-state index in [2.05, 4.69) is 40.7 Å². The summed E-state index contributed by atoms with van der Waals surface area (Å²) in [6, 6.07) is 16.6. The van der Waals surface area contributed by atoms with Crippen LogP contribution >= 0.6 is 11.3 Å². The van der Waals surface area contributed by atoms with Crippen molar-refractivity contribution in [3.05, 3.63) is 48.5 Å². The smallest absolute Gasteiger partial charge is 0.158 e. The van der Waals surface area contributed by atoms with Crippen LogP contribution in [0.1, 0.15) is 0 Å². The normalized spacial score (nSPS) is 11.4. The predicted octanol–water partition coefficient (Wildman–Crippen LogP) is 3.89. The monoisotopic (exact) mass is 265 g/mol. The molecule has 3 N–H and O–H groups in total. The van der Waals surface area contributed by atoms with Crippen molar-refractivity contribution in [1.82, 2.24) is 4.98 Å². The molecule has 0 atom stereocenters. The largest absolute Gasteiger partial charge is 0.307 e. The number of nitrogens with one attached hydrogen (secondary N) is 1. The molecule has 0 spiro atoms. The number of rotatable bonds is 1. The van der Waals surface area contributed by atoms with E-state index in [1.165, 1.54) is 20.9 Å². The highest BCUT2D eigenvalue weighted by Crippen LogP contribution is 2.40. The van der Waals surface area contributed by atoms with Crippen LogP contribution in [-0.2, 0) is 0 Å². The summed E-state index contributed by atoms with van der Waals surface area (Å²) < 4.78 is 2.37. The Morgan fingerprint density at radius 1 is 0.947 bits per heavy atom. The van der Waals surface area contributed by atoms with E-state index in [0.717, 1.165) is 16.0 Å². The molecule has 19 heavy (non-hydrogen) atoms. The van der Waals surface area contributed by atoms with Gasteiger partial charge in [0.05, 0.1) is 10.2 Å². The highest BCUT2D eigenvalue weighted by Gasteiger charge is 2.13. The first kappa shape index (κ1) is 10.7. The van der Waals surface area contributed by atoms with E-state index in [4.69, 9.17) is 5.84 Å². The molecular weight excluding hydrogens is 254 g/mol. The van der Waals surface area contributed by atoms with Crippen molar-refractivity contribution in [3.8, 4) is 0 Å². The van der Waals surface area contributed by atoms with Crippen LogP contribution in [0, 0.1) is 0 Å². The van der Waals surface area contributed by atoms with Gasteiger partial charge >= 0.3 is 0 Å². The van der Waals surface area contributed by atoms with Crippen LogP contribution in [0.25, 0.3) is 31.1 Å². The maximum absolute atomic E-state index is 5.62. The lowest BCUT2D eigenvalue weighted by molar-refractivity contribution is 1.29. The summed E-state index contributed by atoms with van der Waals surface area (Å²) in [5, 5.41) is 3.67. The number of para-hydroxylation sites is 1. The van der Waals surface area contributed by atoms with Crippen LogP contribution in [0.5, 0.6) is 0 Å². The van der Waals surface area contributed by atoms with Crippen molar-refractivity contribution in [3.63, 3.8) is 0 Å². The summed E-state index contributed by atoms with van der Waals surface area (Å²) in [5.41, 5.74) is 3.69. The van der Waals surface area contributed by atoms with Crippen molar-refractivity contribution >= 4 is 48.2 Å². The number of benzene rings is 2. The maximum atomic E-state index is 5.62. The zero-order valence-electron chi connectivity index (χ0n) is 10.1. The van der Waals surface area contributed by atoms with Gasteiger partial charge < -0.3 is 5.43 Å². The van der Waals surface area contributed by atoms with Gasteiger partial charge in [0.2, 0.25) is 0 Å². The van der Waals surface area contributed by atoms with Crippen molar-refractivity contribution in [2.24, 2.45) is 5.84 Å². The number of hydrogen-bond acceptors (Lipinski definition) is 4. The highest BCUT2D eigenvalue weighted by molar-refractivity contribution is 7.26. The molecule has 92 valence electrons. The predicted molar refractivity (Wildman–Crippen MR) is 82.4 cm³/mol. The number of nitrogens with zero attached hydrogens (tertiary/aromatic N) is 1. The average molecular weight is 265 g/mol. The summed E-state index contributed by atoms with van der Waals surface area (Å²) in [6.45, 7) is 0. The molecule has 0 amide bonds. The number of fused-ring (bicyclic) bond motifs is 5. The van der Waals surface area contributed by atoms with E-state index in [9.17, 15) is 0 Å². The molecule has 0 saturated heterocycles. The van der Waals surface area contributed by atoms with Crippen LogP contribution in [0.3, 0.4) is 0 Å². The first-order valence-corrected chi connectivity index (χ1v) is 6.87. The Morgan fingerprint density at radius 2 is 1.68 bits per heavy atom. The fourth-order valence-electron chi connectivity index (χ4n) is 2.53. The molecule has 3 nitrogen and oxygen atoms in total. The van der Waals surface area contributed by atoms with E-state index < -0.39 is 0 Å². The summed E-state index contributed by atoms with van der Waals surface area (Å²) in [6.07, 6.45) is 0. The van der Waals surface area contributed by atoms with Gasteiger partial charge in [0.25, 0.3) is 0 Å². The Morgan fingerprint density at radius 3 is 2.53 bits per heavy atom. The number of anilines is 1. The maximum Gasteiger partial charge on any atom is 0.158 e. The molecule has 0 radical (unpaired) electrons. The zero-order chi connectivity index (χ0) is 12.8. The Kier molecular flexibility index (Phi) is 2.21. The van der Waals surface area contributed by atoms with Crippen LogP contribution in [-0.4, -0.2) is 4.98 Å². The number of hydrogen-bond donors (Lipinski definition) is 2. The molecule has 0 saturated carbocycles. The number of hydrazine groups is 1. The number of pyridine rings is 1. The topological polar surface area (TPSA) is 50.9 Å². The fraction of sp³-hybridized carbons (Fsp3) is 0. The second kappa shape index (κ2) is 3.91. The van der Waals surface area contributed by atoms with Gasteiger partial charge in [-0.1, -0.05) is 36.4 Å². The lowest BCUT2D eigenvalue weighted by Crippen LogP contribution is -2.08. The summed E-state index contributed by atoms with van der Waals surface area (Å²) in [4.78, 5) is 4.59. The zero-order valence-corrected chi connectivity index (χ0v) is 10.9. The van der Waals surface area contributed by atoms with Gasteiger partial charge in [0, 0.05) is 20.9 Å². The molecule has 2 aromatic heterocycles. The highest BCUT2D eigenvalue weighted by atomic mass is 32.1. The lowest BCUT2D eigenvalue weighted by atomic mass is 10.1. The minimum absolute atomic E-state index is 0.745. The molecule has 4 aromatic rings. The molecule has 2 aromatic carbocycles. The molecule has 0 aliphatic rings. The Hall–Kier alpha value is -2.17. The van der Waals surface area contributed by atoms with Gasteiger partial charge in [0.15, 0.2) is 5.82 Å². The number of thiophene rings is 1. The Bertz CT molecular complexity index is 911. The van der Waals surface area contributed by atoms with Gasteiger partial charge in [-0.05, 0) is 12.1 Å². The lowest BCUT2D eigenvalue weighted by Gasteiger charge is -2.05. The molecule has 0 bridgehead atoms. The van der Waals surface area contributed by atoms with Crippen LogP contribution < -0.4 is 11.3 Å². The minimum Gasteiger partial charge on any atom is -0.307 e. The van der Waals surface area contributed by atoms with Crippen molar-refractivity contribution in [1.29, 1.82) is 0 Å². The van der Waals surface area contributed by atoms with Gasteiger partial charge in [-0.15, -0.1) is 11.3 Å². The Labute approximate surface area is 113 Å². The van der Waals surface area contributed by atoms with E-state index in [1.54, 1.807) is 11.3 Å². The molecule has 0 unspecified atom stereocenters. The molecule has 0 aliphatic carbocycles. The molecule has 0 fully saturated rings. The van der Waals surface area contributed by atoms with E-state index in [0.29, 0.717) is 0 Å². The quantitative estimate of drug-likeness (QED) is 0.405. The summed E-state index contributed by atoms with van der Waals surface area (Å²) in [7, 11) is 0. The molecule has 4 rings (SSSR count).